The predicted molar refractivity (Wildman–Crippen MR) is 72.5 cm³/mol. The first kappa shape index (κ1) is 17.5. The molecule has 1 aromatic rings. The molecule has 0 aliphatic heterocycles. The van der Waals surface area contributed by atoms with Crippen molar-refractivity contribution in [1.82, 2.24) is 10.9 Å². The van der Waals surface area contributed by atoms with Crippen LogP contribution in [-0.2, 0) is 11.3 Å². The number of amides is 1. The summed E-state index contributed by atoms with van der Waals surface area (Å²) in [6, 6.07) is 9.14. The van der Waals surface area contributed by atoms with Gasteiger partial charge in [0.25, 0.3) is 5.91 Å². The lowest BCUT2D eigenvalue weighted by Gasteiger charge is -2.24. The van der Waals surface area contributed by atoms with Gasteiger partial charge in [-0.2, -0.15) is 0 Å². The van der Waals surface area contributed by atoms with Crippen LogP contribution in [-0.4, -0.2) is 62.5 Å². The average molecular weight is 300 g/mol. The molecule has 1 rings (SSSR count). The fourth-order valence-electron chi connectivity index (χ4n) is 1.58. The lowest BCUT2D eigenvalue weighted by Crippen LogP contribution is -2.53. The van der Waals surface area contributed by atoms with E-state index in [1.54, 1.807) is 0 Å². The molecule has 1 aromatic carbocycles. The fraction of sp³-hybridized carbons (Fsp3) is 0.462. The zero-order valence-electron chi connectivity index (χ0n) is 11.3. The molecule has 0 aromatic heterocycles. The zero-order valence-corrected chi connectivity index (χ0v) is 11.3. The van der Waals surface area contributed by atoms with Gasteiger partial charge in [-0.05, 0) is 5.56 Å². The second-order valence-corrected chi connectivity index (χ2v) is 4.50. The number of benzene rings is 1. The van der Waals surface area contributed by atoms with Gasteiger partial charge in [0.15, 0.2) is 6.10 Å². The highest BCUT2D eigenvalue weighted by Gasteiger charge is 2.34. The molecule has 7 N–H and O–H groups in total. The third kappa shape index (κ3) is 5.38. The van der Waals surface area contributed by atoms with Gasteiger partial charge < -0.3 is 25.5 Å². The molecule has 0 saturated heterocycles. The maximum absolute atomic E-state index is 11.6. The maximum atomic E-state index is 11.6. The summed E-state index contributed by atoms with van der Waals surface area (Å²) < 4.78 is 0. The van der Waals surface area contributed by atoms with E-state index >= 15 is 0 Å². The number of rotatable bonds is 8. The van der Waals surface area contributed by atoms with E-state index in [2.05, 4.69) is 10.9 Å². The molecule has 0 bridgehead atoms. The molecule has 0 aliphatic rings. The first-order valence-corrected chi connectivity index (χ1v) is 6.37. The number of hydrazine groups is 1. The first-order valence-electron chi connectivity index (χ1n) is 6.37. The molecule has 8 nitrogen and oxygen atoms in total. The fourth-order valence-corrected chi connectivity index (χ4v) is 1.58. The van der Waals surface area contributed by atoms with Crippen LogP contribution in [0.2, 0.25) is 0 Å². The number of aliphatic hydroxyl groups is 5. The molecule has 8 heteroatoms. The normalized spacial score (nSPS) is 16.8. The Kier molecular flexibility index (Phi) is 7.23. The highest BCUT2D eigenvalue weighted by Crippen LogP contribution is 2.05. The van der Waals surface area contributed by atoms with E-state index in [0.29, 0.717) is 6.54 Å². The van der Waals surface area contributed by atoms with Crippen LogP contribution in [0.3, 0.4) is 0 Å². The van der Waals surface area contributed by atoms with E-state index in [0.717, 1.165) is 5.56 Å². The molecule has 0 heterocycles. The predicted octanol–water partition coefficient (Wildman–Crippen LogP) is -2.76. The SMILES string of the molecule is O=C(NNCc1ccccc1)[C@@H](O)[C@H](O)[C@H](O)[C@@H](O)CO. The van der Waals surface area contributed by atoms with Gasteiger partial charge in [-0.25, -0.2) is 5.43 Å². The Morgan fingerprint density at radius 2 is 1.67 bits per heavy atom. The van der Waals surface area contributed by atoms with Crippen molar-refractivity contribution >= 4 is 5.91 Å². The van der Waals surface area contributed by atoms with E-state index in [1.807, 2.05) is 30.3 Å². The number of hydrogen-bond acceptors (Lipinski definition) is 7. The van der Waals surface area contributed by atoms with Crippen molar-refractivity contribution in [3.8, 4) is 0 Å². The van der Waals surface area contributed by atoms with Gasteiger partial charge in [0.1, 0.15) is 18.3 Å². The molecule has 0 fully saturated rings. The van der Waals surface area contributed by atoms with Gasteiger partial charge >= 0.3 is 0 Å². The Balaban J connectivity index is 2.40. The number of nitrogens with one attached hydrogen (secondary N) is 2. The standard InChI is InChI=1S/C13H20N2O6/c16-7-9(17)10(18)11(19)12(20)13(21)15-14-6-8-4-2-1-3-5-8/h1-5,9-12,14,16-20H,6-7H2,(H,15,21)/t9-,10+,11+,12-/m0/s1. The lowest BCUT2D eigenvalue weighted by molar-refractivity contribution is -0.149. The van der Waals surface area contributed by atoms with Crippen molar-refractivity contribution in [3.05, 3.63) is 35.9 Å². The molecule has 0 radical (unpaired) electrons. The summed E-state index contributed by atoms with van der Waals surface area (Å²) in [6.45, 7) is -0.504. The van der Waals surface area contributed by atoms with Crippen LogP contribution in [0.1, 0.15) is 5.56 Å². The minimum Gasteiger partial charge on any atom is -0.394 e. The Morgan fingerprint density at radius 3 is 2.24 bits per heavy atom. The van der Waals surface area contributed by atoms with E-state index in [4.69, 9.17) is 10.2 Å². The van der Waals surface area contributed by atoms with Gasteiger partial charge in [-0.1, -0.05) is 30.3 Å². The summed E-state index contributed by atoms with van der Waals surface area (Å²) in [5, 5.41) is 46.2. The van der Waals surface area contributed by atoms with Crippen molar-refractivity contribution in [3.63, 3.8) is 0 Å². The number of carbonyl (C=O) groups is 1. The summed E-state index contributed by atoms with van der Waals surface area (Å²) in [5.74, 6) is -0.970. The Bertz CT molecular complexity index is 430. The molecule has 0 saturated carbocycles. The van der Waals surface area contributed by atoms with Gasteiger partial charge in [0, 0.05) is 6.54 Å². The Morgan fingerprint density at radius 1 is 1.05 bits per heavy atom. The van der Waals surface area contributed by atoms with Crippen LogP contribution in [0.15, 0.2) is 30.3 Å². The van der Waals surface area contributed by atoms with Crippen molar-refractivity contribution < 1.29 is 30.3 Å². The molecule has 0 aliphatic carbocycles. The van der Waals surface area contributed by atoms with Crippen molar-refractivity contribution in [2.75, 3.05) is 6.61 Å². The van der Waals surface area contributed by atoms with Gasteiger partial charge in [0.2, 0.25) is 0 Å². The van der Waals surface area contributed by atoms with Crippen LogP contribution < -0.4 is 10.9 Å². The van der Waals surface area contributed by atoms with Gasteiger partial charge in [-0.3, -0.25) is 10.2 Å². The molecule has 0 unspecified atom stereocenters. The lowest BCUT2D eigenvalue weighted by atomic mass is 10.0. The van der Waals surface area contributed by atoms with Crippen LogP contribution in [0.5, 0.6) is 0 Å². The Labute approximate surface area is 121 Å². The largest absolute Gasteiger partial charge is 0.394 e. The summed E-state index contributed by atoms with van der Waals surface area (Å²) in [6.07, 6.45) is -7.38. The Hall–Kier alpha value is -1.55. The van der Waals surface area contributed by atoms with E-state index < -0.39 is 36.9 Å². The van der Waals surface area contributed by atoms with E-state index in [9.17, 15) is 20.1 Å². The molecular weight excluding hydrogens is 280 g/mol. The highest BCUT2D eigenvalue weighted by molar-refractivity contribution is 5.80. The molecule has 0 spiro atoms. The second kappa shape index (κ2) is 8.67. The average Bonchev–Trinajstić information content (AvgIpc) is 2.52. The van der Waals surface area contributed by atoms with Crippen LogP contribution in [0.4, 0.5) is 0 Å². The van der Waals surface area contributed by atoms with Crippen LogP contribution in [0, 0.1) is 0 Å². The minimum absolute atomic E-state index is 0.303. The summed E-state index contributed by atoms with van der Waals surface area (Å²) in [5.41, 5.74) is 5.62. The molecule has 1 amide bonds. The van der Waals surface area contributed by atoms with Crippen molar-refractivity contribution in [2.45, 2.75) is 31.0 Å². The molecule has 21 heavy (non-hydrogen) atoms. The molecule has 4 atom stereocenters. The monoisotopic (exact) mass is 300 g/mol. The van der Waals surface area contributed by atoms with E-state index in [1.165, 1.54) is 0 Å². The molecule has 118 valence electrons. The summed E-state index contributed by atoms with van der Waals surface area (Å²) >= 11 is 0. The number of aliphatic hydroxyl groups excluding tert-OH is 5. The topological polar surface area (TPSA) is 142 Å². The van der Waals surface area contributed by atoms with Crippen LogP contribution >= 0.6 is 0 Å². The van der Waals surface area contributed by atoms with Gasteiger partial charge in [0.05, 0.1) is 6.61 Å². The van der Waals surface area contributed by atoms with Crippen molar-refractivity contribution in [2.24, 2.45) is 0 Å². The summed E-state index contributed by atoms with van der Waals surface area (Å²) in [4.78, 5) is 11.6. The quantitative estimate of drug-likeness (QED) is 0.258. The third-order valence-corrected chi connectivity index (χ3v) is 2.87. The minimum atomic E-state index is -1.95. The smallest absolute Gasteiger partial charge is 0.265 e. The first-order chi connectivity index (χ1) is 9.97. The van der Waals surface area contributed by atoms with Crippen LogP contribution in [0.25, 0.3) is 0 Å². The maximum Gasteiger partial charge on any atom is 0.265 e. The third-order valence-electron chi connectivity index (χ3n) is 2.87. The van der Waals surface area contributed by atoms with Crippen molar-refractivity contribution in [1.29, 1.82) is 0 Å². The second-order valence-electron chi connectivity index (χ2n) is 4.50. The number of carbonyl (C=O) groups excluding carboxylic acids is 1. The molecular formula is C13H20N2O6. The highest BCUT2D eigenvalue weighted by atomic mass is 16.4. The van der Waals surface area contributed by atoms with E-state index in [-0.39, 0.29) is 0 Å². The number of hydrogen-bond donors (Lipinski definition) is 7. The van der Waals surface area contributed by atoms with Gasteiger partial charge in [-0.15, -0.1) is 0 Å². The zero-order chi connectivity index (χ0) is 15.8. The summed E-state index contributed by atoms with van der Waals surface area (Å²) in [7, 11) is 0.